The van der Waals surface area contributed by atoms with Crippen molar-refractivity contribution in [2.45, 2.75) is 31.5 Å². The molecule has 2 unspecified atom stereocenters. The second-order valence-electron chi connectivity index (χ2n) is 5.07. The summed E-state index contributed by atoms with van der Waals surface area (Å²) in [7, 11) is 0. The standard InChI is InChI=1S/C17H20O4/c18-20-16(11-14-7-3-1-4-8-14)13-17(21-19)12-15-9-5-2-6-10-15/h1-10,16-19H,11-13H2. The number of hydrogen-bond donors (Lipinski definition) is 2. The predicted molar refractivity (Wildman–Crippen MR) is 79.9 cm³/mol. The lowest BCUT2D eigenvalue weighted by atomic mass is 9.99. The lowest BCUT2D eigenvalue weighted by molar-refractivity contribution is -0.312. The van der Waals surface area contributed by atoms with Gasteiger partial charge in [-0.1, -0.05) is 60.7 Å². The van der Waals surface area contributed by atoms with Gasteiger partial charge in [-0.2, -0.15) is 0 Å². The van der Waals surface area contributed by atoms with Gasteiger partial charge in [0.25, 0.3) is 0 Å². The van der Waals surface area contributed by atoms with E-state index in [0.717, 1.165) is 11.1 Å². The molecule has 2 rings (SSSR count). The van der Waals surface area contributed by atoms with Crippen LogP contribution in [0.25, 0.3) is 0 Å². The number of rotatable bonds is 8. The Morgan fingerprint density at radius 1 is 0.667 bits per heavy atom. The van der Waals surface area contributed by atoms with E-state index in [1.54, 1.807) is 0 Å². The average Bonchev–Trinajstić information content (AvgIpc) is 2.55. The van der Waals surface area contributed by atoms with E-state index in [9.17, 15) is 0 Å². The van der Waals surface area contributed by atoms with E-state index in [-0.39, 0.29) is 0 Å². The SMILES string of the molecule is OOC(Cc1ccccc1)CC(Cc1ccccc1)OO. The van der Waals surface area contributed by atoms with Crippen molar-refractivity contribution >= 4 is 0 Å². The van der Waals surface area contributed by atoms with Gasteiger partial charge in [-0.3, -0.25) is 10.5 Å². The molecule has 2 atom stereocenters. The van der Waals surface area contributed by atoms with Crippen LogP contribution in [0.5, 0.6) is 0 Å². The van der Waals surface area contributed by atoms with Crippen molar-refractivity contribution in [3.05, 3.63) is 71.8 Å². The van der Waals surface area contributed by atoms with E-state index in [1.165, 1.54) is 0 Å². The second-order valence-corrected chi connectivity index (χ2v) is 5.07. The molecular formula is C17H20O4. The monoisotopic (exact) mass is 288 g/mol. The zero-order valence-electron chi connectivity index (χ0n) is 11.8. The minimum atomic E-state index is -0.423. The van der Waals surface area contributed by atoms with Gasteiger partial charge in [-0.15, -0.1) is 0 Å². The molecular weight excluding hydrogens is 268 g/mol. The van der Waals surface area contributed by atoms with Crippen LogP contribution in [-0.2, 0) is 22.6 Å². The maximum absolute atomic E-state index is 9.06. The third kappa shape index (κ3) is 5.28. The smallest absolute Gasteiger partial charge is 0.0993 e. The van der Waals surface area contributed by atoms with E-state index in [2.05, 4.69) is 9.78 Å². The van der Waals surface area contributed by atoms with E-state index in [4.69, 9.17) is 10.5 Å². The van der Waals surface area contributed by atoms with Crippen LogP contribution in [0.3, 0.4) is 0 Å². The highest BCUT2D eigenvalue weighted by atomic mass is 17.1. The van der Waals surface area contributed by atoms with Crippen LogP contribution in [0, 0.1) is 0 Å². The van der Waals surface area contributed by atoms with Gasteiger partial charge in [0, 0.05) is 19.3 Å². The van der Waals surface area contributed by atoms with Crippen LogP contribution in [0.1, 0.15) is 17.5 Å². The summed E-state index contributed by atoms with van der Waals surface area (Å²) in [5, 5.41) is 18.1. The molecule has 0 spiro atoms. The minimum Gasteiger partial charge on any atom is -0.252 e. The van der Waals surface area contributed by atoms with Crippen molar-refractivity contribution in [1.82, 2.24) is 0 Å². The molecule has 0 aromatic heterocycles. The van der Waals surface area contributed by atoms with E-state index >= 15 is 0 Å². The van der Waals surface area contributed by atoms with Gasteiger partial charge in [-0.25, -0.2) is 9.78 Å². The number of hydrogen-bond acceptors (Lipinski definition) is 4. The van der Waals surface area contributed by atoms with Crippen molar-refractivity contribution in [2.24, 2.45) is 0 Å². The van der Waals surface area contributed by atoms with Crippen LogP contribution in [0.2, 0.25) is 0 Å². The molecule has 0 saturated carbocycles. The molecule has 0 heterocycles. The largest absolute Gasteiger partial charge is 0.252 e. The maximum atomic E-state index is 9.06. The molecule has 0 aliphatic carbocycles. The van der Waals surface area contributed by atoms with Gasteiger partial charge in [0.15, 0.2) is 0 Å². The molecule has 0 amide bonds. The van der Waals surface area contributed by atoms with Crippen LogP contribution >= 0.6 is 0 Å². The van der Waals surface area contributed by atoms with Gasteiger partial charge in [0.05, 0.1) is 12.2 Å². The third-order valence-electron chi connectivity index (χ3n) is 3.44. The van der Waals surface area contributed by atoms with Gasteiger partial charge in [0.1, 0.15) is 0 Å². The molecule has 0 saturated heterocycles. The predicted octanol–water partition coefficient (Wildman–Crippen LogP) is 3.58. The fraction of sp³-hybridized carbons (Fsp3) is 0.294. The van der Waals surface area contributed by atoms with E-state index in [1.807, 2.05) is 60.7 Å². The summed E-state index contributed by atoms with van der Waals surface area (Å²) in [6, 6.07) is 19.5. The summed E-state index contributed by atoms with van der Waals surface area (Å²) in [6.45, 7) is 0. The van der Waals surface area contributed by atoms with Crippen LogP contribution in [-0.4, -0.2) is 22.7 Å². The van der Waals surface area contributed by atoms with Crippen molar-refractivity contribution in [2.75, 3.05) is 0 Å². The first-order valence-electron chi connectivity index (χ1n) is 7.00. The topological polar surface area (TPSA) is 58.9 Å². The normalized spacial score (nSPS) is 13.8. The lowest BCUT2D eigenvalue weighted by Crippen LogP contribution is -2.25. The molecule has 2 aromatic rings. The van der Waals surface area contributed by atoms with Crippen LogP contribution in [0.4, 0.5) is 0 Å². The van der Waals surface area contributed by atoms with Gasteiger partial charge >= 0.3 is 0 Å². The van der Waals surface area contributed by atoms with Gasteiger partial charge in [0.2, 0.25) is 0 Å². The fourth-order valence-electron chi connectivity index (χ4n) is 2.37. The first-order chi connectivity index (χ1) is 10.3. The Bertz CT molecular complexity index is 453. The highest BCUT2D eigenvalue weighted by molar-refractivity contribution is 5.17. The fourth-order valence-corrected chi connectivity index (χ4v) is 2.37. The summed E-state index contributed by atoms with van der Waals surface area (Å²) in [5.41, 5.74) is 2.13. The maximum Gasteiger partial charge on any atom is 0.0993 e. The molecule has 0 bridgehead atoms. The summed E-state index contributed by atoms with van der Waals surface area (Å²) in [4.78, 5) is 9.07. The summed E-state index contributed by atoms with van der Waals surface area (Å²) >= 11 is 0. The Labute approximate surface area is 124 Å². The zero-order chi connectivity index (χ0) is 14.9. The quantitative estimate of drug-likeness (QED) is 0.576. The third-order valence-corrected chi connectivity index (χ3v) is 3.44. The Morgan fingerprint density at radius 2 is 1.05 bits per heavy atom. The zero-order valence-corrected chi connectivity index (χ0v) is 11.8. The highest BCUT2D eigenvalue weighted by Gasteiger charge is 2.19. The van der Waals surface area contributed by atoms with Gasteiger partial charge in [-0.05, 0) is 11.1 Å². The first kappa shape index (κ1) is 15.7. The number of benzene rings is 2. The van der Waals surface area contributed by atoms with Crippen molar-refractivity contribution in [3.63, 3.8) is 0 Å². The molecule has 2 aromatic carbocycles. The minimum absolute atomic E-state index is 0.400. The first-order valence-corrected chi connectivity index (χ1v) is 7.00. The van der Waals surface area contributed by atoms with Gasteiger partial charge < -0.3 is 0 Å². The summed E-state index contributed by atoms with van der Waals surface area (Å²) in [6.07, 6.45) is 0.677. The van der Waals surface area contributed by atoms with E-state index < -0.39 is 12.2 Å². The molecule has 0 aliphatic rings. The summed E-state index contributed by atoms with van der Waals surface area (Å²) < 4.78 is 0. The molecule has 0 radical (unpaired) electrons. The summed E-state index contributed by atoms with van der Waals surface area (Å²) in [5.74, 6) is 0. The van der Waals surface area contributed by atoms with Crippen molar-refractivity contribution < 1.29 is 20.3 Å². The Hall–Kier alpha value is -1.72. The second kappa shape index (κ2) is 8.54. The molecule has 4 heteroatoms. The molecule has 112 valence electrons. The highest BCUT2D eigenvalue weighted by Crippen LogP contribution is 2.15. The Kier molecular flexibility index (Phi) is 6.37. The van der Waals surface area contributed by atoms with Crippen LogP contribution < -0.4 is 0 Å². The molecule has 2 N–H and O–H groups in total. The van der Waals surface area contributed by atoms with Crippen molar-refractivity contribution in [1.29, 1.82) is 0 Å². The van der Waals surface area contributed by atoms with Crippen LogP contribution in [0.15, 0.2) is 60.7 Å². The Balaban J connectivity index is 1.92. The average molecular weight is 288 g/mol. The Morgan fingerprint density at radius 3 is 1.38 bits per heavy atom. The molecule has 21 heavy (non-hydrogen) atoms. The van der Waals surface area contributed by atoms with Crippen molar-refractivity contribution in [3.8, 4) is 0 Å². The molecule has 0 fully saturated rings. The van der Waals surface area contributed by atoms with E-state index in [0.29, 0.717) is 19.3 Å². The molecule has 4 nitrogen and oxygen atoms in total. The lowest BCUT2D eigenvalue weighted by Gasteiger charge is -2.19. The molecule has 0 aliphatic heterocycles.